The van der Waals surface area contributed by atoms with Gasteiger partial charge in [0.25, 0.3) is 0 Å². The van der Waals surface area contributed by atoms with Gasteiger partial charge in [0.15, 0.2) is 16.6 Å². The third-order valence-corrected chi connectivity index (χ3v) is 3.80. The van der Waals surface area contributed by atoms with Gasteiger partial charge in [0.05, 0.1) is 5.69 Å². The Balaban J connectivity index is 2.24. The maximum absolute atomic E-state index is 14.2. The van der Waals surface area contributed by atoms with E-state index in [4.69, 9.17) is 5.73 Å². The van der Waals surface area contributed by atoms with Crippen LogP contribution in [0.1, 0.15) is 5.69 Å². The van der Waals surface area contributed by atoms with E-state index in [1.165, 1.54) is 17.8 Å². The first-order valence-electron chi connectivity index (χ1n) is 6.33. The lowest BCUT2D eigenvalue weighted by Gasteiger charge is -2.09. The van der Waals surface area contributed by atoms with Crippen molar-refractivity contribution in [1.82, 2.24) is 15.0 Å². The summed E-state index contributed by atoms with van der Waals surface area (Å²) in [5.41, 5.74) is 8.22. The Bertz CT molecular complexity index is 835. The van der Waals surface area contributed by atoms with Crippen molar-refractivity contribution in [2.75, 3.05) is 12.0 Å². The van der Waals surface area contributed by atoms with Gasteiger partial charge >= 0.3 is 0 Å². The van der Waals surface area contributed by atoms with Crippen molar-refractivity contribution in [2.45, 2.75) is 12.1 Å². The molecule has 2 aromatic heterocycles. The van der Waals surface area contributed by atoms with Gasteiger partial charge in [0, 0.05) is 28.4 Å². The Labute approximate surface area is 125 Å². The van der Waals surface area contributed by atoms with Gasteiger partial charge in [-0.1, -0.05) is 23.9 Å². The highest BCUT2D eigenvalue weighted by molar-refractivity contribution is 7.98. The van der Waals surface area contributed by atoms with Gasteiger partial charge < -0.3 is 5.73 Å². The summed E-state index contributed by atoms with van der Waals surface area (Å²) in [7, 11) is 0. The number of nitrogens with zero attached hydrogens (tertiary/aromatic N) is 3. The number of anilines is 1. The molecule has 0 aliphatic rings. The lowest BCUT2D eigenvalue weighted by Crippen LogP contribution is -1.98. The highest BCUT2D eigenvalue weighted by atomic mass is 32.2. The van der Waals surface area contributed by atoms with Crippen LogP contribution in [-0.2, 0) is 0 Å². The van der Waals surface area contributed by atoms with Crippen molar-refractivity contribution >= 4 is 28.5 Å². The molecule has 0 aliphatic carbocycles. The van der Waals surface area contributed by atoms with Crippen molar-refractivity contribution in [2.24, 2.45) is 0 Å². The summed E-state index contributed by atoms with van der Waals surface area (Å²) in [5.74, 6) is -0.427. The molecule has 0 saturated heterocycles. The van der Waals surface area contributed by atoms with E-state index < -0.39 is 5.82 Å². The fraction of sp³-hybridized carbons (Fsp3) is 0.133. The number of pyridine rings is 1. The number of benzene rings is 1. The second-order valence-electron chi connectivity index (χ2n) is 4.60. The smallest absolute Gasteiger partial charge is 0.189 e. The van der Waals surface area contributed by atoms with Crippen LogP contribution in [0.3, 0.4) is 0 Å². The zero-order valence-corrected chi connectivity index (χ0v) is 12.4. The molecule has 0 bridgehead atoms. The lowest BCUT2D eigenvalue weighted by atomic mass is 10.0. The van der Waals surface area contributed by atoms with E-state index in [0.717, 1.165) is 5.39 Å². The van der Waals surface area contributed by atoms with Gasteiger partial charge in [-0.05, 0) is 25.3 Å². The number of aromatic nitrogens is 3. The van der Waals surface area contributed by atoms with Crippen molar-refractivity contribution < 1.29 is 4.39 Å². The maximum atomic E-state index is 14.2. The molecule has 0 saturated carbocycles. The molecule has 0 radical (unpaired) electrons. The minimum absolute atomic E-state index is 0.126. The molecule has 0 spiro atoms. The zero-order valence-electron chi connectivity index (χ0n) is 11.6. The molecule has 1 aromatic carbocycles. The SMILES string of the molecule is CSc1ncc2cc(-c3cccc(N)c3F)c(C)nc2n1. The topological polar surface area (TPSA) is 64.7 Å². The van der Waals surface area contributed by atoms with E-state index in [-0.39, 0.29) is 5.69 Å². The highest BCUT2D eigenvalue weighted by Crippen LogP contribution is 2.30. The number of nitrogens with two attached hydrogens (primary N) is 1. The summed E-state index contributed by atoms with van der Waals surface area (Å²) in [6, 6.07) is 6.81. The molecule has 0 amide bonds. The van der Waals surface area contributed by atoms with Gasteiger partial charge in [-0.15, -0.1) is 0 Å². The molecular weight excluding hydrogens is 287 g/mol. The first-order valence-corrected chi connectivity index (χ1v) is 7.55. The second kappa shape index (κ2) is 5.29. The van der Waals surface area contributed by atoms with Crippen molar-refractivity contribution in [1.29, 1.82) is 0 Å². The molecule has 2 heterocycles. The van der Waals surface area contributed by atoms with Crippen LogP contribution in [0.25, 0.3) is 22.2 Å². The number of rotatable bonds is 2. The standard InChI is InChI=1S/C15H13FN4S/c1-8-11(10-4-3-5-12(17)13(10)16)6-9-7-18-15(21-2)20-14(9)19-8/h3-7H,17H2,1-2H3. The molecule has 0 aliphatic heterocycles. The van der Waals surface area contributed by atoms with Crippen LogP contribution in [-0.4, -0.2) is 21.2 Å². The molecule has 2 N–H and O–H groups in total. The molecule has 21 heavy (non-hydrogen) atoms. The number of thioether (sulfide) groups is 1. The third kappa shape index (κ3) is 2.42. The van der Waals surface area contributed by atoms with Crippen LogP contribution in [0.5, 0.6) is 0 Å². The summed E-state index contributed by atoms with van der Waals surface area (Å²) in [6.45, 7) is 1.83. The van der Waals surface area contributed by atoms with Crippen LogP contribution in [0.2, 0.25) is 0 Å². The average molecular weight is 300 g/mol. The molecule has 3 rings (SSSR count). The van der Waals surface area contributed by atoms with E-state index >= 15 is 0 Å². The van der Waals surface area contributed by atoms with Crippen LogP contribution >= 0.6 is 11.8 Å². The number of aryl methyl sites for hydroxylation is 1. The summed E-state index contributed by atoms with van der Waals surface area (Å²) < 4.78 is 14.2. The van der Waals surface area contributed by atoms with Gasteiger partial charge in [-0.25, -0.2) is 19.3 Å². The van der Waals surface area contributed by atoms with Crippen LogP contribution in [0.4, 0.5) is 10.1 Å². The number of nitrogen functional groups attached to an aromatic ring is 1. The summed E-state index contributed by atoms with van der Waals surface area (Å²) in [5, 5.41) is 1.44. The first kappa shape index (κ1) is 13.8. The second-order valence-corrected chi connectivity index (χ2v) is 5.37. The van der Waals surface area contributed by atoms with Crippen molar-refractivity contribution in [3.63, 3.8) is 0 Å². The summed E-state index contributed by atoms with van der Waals surface area (Å²) >= 11 is 1.46. The van der Waals surface area contributed by atoms with Gasteiger partial charge in [0.2, 0.25) is 0 Å². The predicted octanol–water partition coefficient (Wildman–Crippen LogP) is 3.44. The molecule has 3 aromatic rings. The lowest BCUT2D eigenvalue weighted by molar-refractivity contribution is 0.636. The van der Waals surface area contributed by atoms with Gasteiger partial charge in [-0.2, -0.15) is 0 Å². The molecule has 0 fully saturated rings. The number of halogens is 1. The zero-order chi connectivity index (χ0) is 15.0. The Morgan fingerprint density at radius 3 is 2.76 bits per heavy atom. The first-order chi connectivity index (χ1) is 10.1. The van der Waals surface area contributed by atoms with Gasteiger partial charge in [-0.3, -0.25) is 0 Å². The third-order valence-electron chi connectivity index (χ3n) is 3.24. The van der Waals surface area contributed by atoms with E-state index in [9.17, 15) is 4.39 Å². The molecule has 4 nitrogen and oxygen atoms in total. The monoisotopic (exact) mass is 300 g/mol. The van der Waals surface area contributed by atoms with E-state index in [0.29, 0.717) is 27.6 Å². The molecule has 0 atom stereocenters. The average Bonchev–Trinajstić information content (AvgIpc) is 2.49. The van der Waals surface area contributed by atoms with E-state index in [2.05, 4.69) is 15.0 Å². The van der Waals surface area contributed by atoms with Crippen LogP contribution in [0, 0.1) is 12.7 Å². The van der Waals surface area contributed by atoms with Crippen molar-refractivity contribution in [3.8, 4) is 11.1 Å². The van der Waals surface area contributed by atoms with Crippen LogP contribution in [0.15, 0.2) is 35.6 Å². The summed E-state index contributed by atoms with van der Waals surface area (Å²) in [4.78, 5) is 13.0. The quantitative estimate of drug-likeness (QED) is 0.446. The van der Waals surface area contributed by atoms with E-state index in [1.807, 2.05) is 19.2 Å². The fourth-order valence-electron chi connectivity index (χ4n) is 2.17. The Morgan fingerprint density at radius 2 is 2.00 bits per heavy atom. The number of hydrogen-bond donors (Lipinski definition) is 1. The molecule has 0 unspecified atom stereocenters. The highest BCUT2D eigenvalue weighted by Gasteiger charge is 2.13. The Morgan fingerprint density at radius 1 is 1.19 bits per heavy atom. The molecule has 6 heteroatoms. The number of hydrogen-bond acceptors (Lipinski definition) is 5. The van der Waals surface area contributed by atoms with E-state index in [1.54, 1.807) is 18.3 Å². The largest absolute Gasteiger partial charge is 0.396 e. The fourth-order valence-corrected chi connectivity index (χ4v) is 2.50. The Kier molecular flexibility index (Phi) is 3.47. The minimum atomic E-state index is -0.427. The normalized spacial score (nSPS) is 11.0. The Hall–Kier alpha value is -2.21. The van der Waals surface area contributed by atoms with Crippen LogP contribution < -0.4 is 5.73 Å². The summed E-state index contributed by atoms with van der Waals surface area (Å²) in [6.07, 6.45) is 3.61. The molecular formula is C15H13FN4S. The molecule has 106 valence electrons. The number of fused-ring (bicyclic) bond motifs is 1. The van der Waals surface area contributed by atoms with Gasteiger partial charge in [0.1, 0.15) is 0 Å². The predicted molar refractivity (Wildman–Crippen MR) is 83.7 cm³/mol. The maximum Gasteiger partial charge on any atom is 0.189 e. The van der Waals surface area contributed by atoms with Crippen molar-refractivity contribution in [3.05, 3.63) is 42.0 Å². The minimum Gasteiger partial charge on any atom is -0.396 e.